The first-order valence-electron chi connectivity index (χ1n) is 8.28. The van der Waals surface area contributed by atoms with E-state index in [-0.39, 0.29) is 10.8 Å². The third kappa shape index (κ3) is 4.69. The van der Waals surface area contributed by atoms with Crippen LogP contribution in [-0.2, 0) is 26.1 Å². The lowest BCUT2D eigenvalue weighted by atomic mass is 10.0. The molecule has 2 aromatic rings. The van der Waals surface area contributed by atoms with Crippen LogP contribution in [0, 0.1) is 5.92 Å². The summed E-state index contributed by atoms with van der Waals surface area (Å²) in [6, 6.07) is 13.3. The SMILES string of the molecule is COC(=O)[C@@H](NS(=O)(=O)c1ccc(-c2cccc(CN)c2)cc1)C(C)C. The molecule has 0 heterocycles. The summed E-state index contributed by atoms with van der Waals surface area (Å²) in [6.07, 6.45) is 0. The molecular formula is C19H24N2O4S. The highest BCUT2D eigenvalue weighted by molar-refractivity contribution is 7.89. The van der Waals surface area contributed by atoms with Crippen molar-refractivity contribution in [2.24, 2.45) is 11.7 Å². The molecule has 0 saturated heterocycles. The fraction of sp³-hybridized carbons (Fsp3) is 0.316. The standard InChI is InChI=1S/C19H24N2O4S/c1-13(2)18(19(22)25-3)21-26(23,24)17-9-7-15(8-10-17)16-6-4-5-14(11-16)12-20/h4-11,13,18,21H,12,20H2,1-3H3/t18-/m0/s1. The second kappa shape index (κ2) is 8.44. The minimum atomic E-state index is -3.84. The van der Waals surface area contributed by atoms with Gasteiger partial charge in [-0.2, -0.15) is 4.72 Å². The smallest absolute Gasteiger partial charge is 0.324 e. The molecule has 26 heavy (non-hydrogen) atoms. The number of methoxy groups -OCH3 is 1. The van der Waals surface area contributed by atoms with Crippen LogP contribution < -0.4 is 10.5 Å². The molecule has 0 amide bonds. The van der Waals surface area contributed by atoms with Gasteiger partial charge in [-0.05, 0) is 40.8 Å². The van der Waals surface area contributed by atoms with Crippen molar-refractivity contribution in [2.45, 2.75) is 31.3 Å². The van der Waals surface area contributed by atoms with E-state index in [1.54, 1.807) is 26.0 Å². The van der Waals surface area contributed by atoms with Crippen molar-refractivity contribution < 1.29 is 17.9 Å². The fourth-order valence-corrected chi connectivity index (χ4v) is 3.86. The van der Waals surface area contributed by atoms with Crippen molar-refractivity contribution in [3.8, 4) is 11.1 Å². The lowest BCUT2D eigenvalue weighted by Gasteiger charge is -2.19. The summed E-state index contributed by atoms with van der Waals surface area (Å²) in [4.78, 5) is 11.9. The van der Waals surface area contributed by atoms with Crippen molar-refractivity contribution in [1.29, 1.82) is 0 Å². The summed E-state index contributed by atoms with van der Waals surface area (Å²) in [5, 5.41) is 0. The lowest BCUT2D eigenvalue weighted by molar-refractivity contribution is -0.143. The minimum absolute atomic E-state index is 0.0887. The van der Waals surface area contributed by atoms with Crippen LogP contribution >= 0.6 is 0 Å². The normalized spacial score (nSPS) is 12.8. The first-order valence-corrected chi connectivity index (χ1v) is 9.76. The molecule has 1 atom stereocenters. The van der Waals surface area contributed by atoms with Crippen LogP contribution in [0.3, 0.4) is 0 Å². The molecule has 2 aromatic carbocycles. The summed E-state index contributed by atoms with van der Waals surface area (Å²) in [6.45, 7) is 3.93. The summed E-state index contributed by atoms with van der Waals surface area (Å²) in [5.74, 6) is -0.853. The Hall–Kier alpha value is -2.22. The van der Waals surface area contributed by atoms with E-state index in [0.717, 1.165) is 16.7 Å². The Kier molecular flexibility index (Phi) is 6.52. The quantitative estimate of drug-likeness (QED) is 0.723. The summed E-state index contributed by atoms with van der Waals surface area (Å²) >= 11 is 0. The van der Waals surface area contributed by atoms with Crippen LogP contribution in [0.15, 0.2) is 53.4 Å². The second-order valence-electron chi connectivity index (χ2n) is 6.30. The molecule has 3 N–H and O–H groups in total. The molecule has 0 fully saturated rings. The van der Waals surface area contributed by atoms with Gasteiger partial charge in [0.05, 0.1) is 12.0 Å². The molecule has 0 aliphatic carbocycles. The molecule has 0 aliphatic rings. The van der Waals surface area contributed by atoms with Gasteiger partial charge in [-0.3, -0.25) is 4.79 Å². The van der Waals surface area contributed by atoms with E-state index in [9.17, 15) is 13.2 Å². The van der Waals surface area contributed by atoms with E-state index in [4.69, 9.17) is 5.73 Å². The number of carbonyl (C=O) groups excluding carboxylic acids is 1. The Labute approximate surface area is 154 Å². The van der Waals surface area contributed by atoms with Crippen LogP contribution in [0.1, 0.15) is 19.4 Å². The number of rotatable bonds is 7. The van der Waals surface area contributed by atoms with Gasteiger partial charge in [-0.1, -0.05) is 44.2 Å². The van der Waals surface area contributed by atoms with Gasteiger partial charge in [0.2, 0.25) is 10.0 Å². The van der Waals surface area contributed by atoms with Gasteiger partial charge >= 0.3 is 5.97 Å². The average molecular weight is 376 g/mol. The largest absolute Gasteiger partial charge is 0.468 e. The Morgan fingerprint density at radius 1 is 1.12 bits per heavy atom. The lowest BCUT2D eigenvalue weighted by Crippen LogP contribution is -2.44. The summed E-state index contributed by atoms with van der Waals surface area (Å²) in [5.41, 5.74) is 8.50. The molecule has 0 radical (unpaired) electrons. The topological polar surface area (TPSA) is 98.5 Å². The third-order valence-corrected chi connectivity index (χ3v) is 5.52. The van der Waals surface area contributed by atoms with Crippen LogP contribution in [0.4, 0.5) is 0 Å². The van der Waals surface area contributed by atoms with E-state index in [1.165, 1.54) is 19.2 Å². The highest BCUT2D eigenvalue weighted by atomic mass is 32.2. The minimum Gasteiger partial charge on any atom is -0.468 e. The van der Waals surface area contributed by atoms with Crippen molar-refractivity contribution in [3.63, 3.8) is 0 Å². The van der Waals surface area contributed by atoms with Gasteiger partial charge in [0.1, 0.15) is 6.04 Å². The third-order valence-electron chi connectivity index (χ3n) is 4.06. The molecule has 0 aromatic heterocycles. The molecule has 0 unspecified atom stereocenters. The van der Waals surface area contributed by atoms with Crippen LogP contribution in [0.5, 0.6) is 0 Å². The first-order chi connectivity index (χ1) is 12.3. The number of ether oxygens (including phenoxy) is 1. The van der Waals surface area contributed by atoms with E-state index in [0.29, 0.717) is 6.54 Å². The van der Waals surface area contributed by atoms with Crippen molar-refractivity contribution in [2.75, 3.05) is 7.11 Å². The Bertz CT molecular complexity index is 861. The average Bonchev–Trinajstić information content (AvgIpc) is 2.65. The highest BCUT2D eigenvalue weighted by Crippen LogP contribution is 2.22. The number of sulfonamides is 1. The Morgan fingerprint density at radius 3 is 2.31 bits per heavy atom. The Morgan fingerprint density at radius 2 is 1.77 bits per heavy atom. The fourth-order valence-electron chi connectivity index (χ4n) is 2.52. The van der Waals surface area contributed by atoms with Gasteiger partial charge in [-0.25, -0.2) is 8.42 Å². The number of carbonyl (C=O) groups is 1. The van der Waals surface area contributed by atoms with Crippen molar-refractivity contribution in [1.82, 2.24) is 4.72 Å². The van der Waals surface area contributed by atoms with Gasteiger partial charge < -0.3 is 10.5 Å². The molecule has 7 heteroatoms. The maximum Gasteiger partial charge on any atom is 0.324 e. The molecule has 0 saturated carbocycles. The number of hydrogen-bond acceptors (Lipinski definition) is 5. The molecule has 0 spiro atoms. The highest BCUT2D eigenvalue weighted by Gasteiger charge is 2.29. The first kappa shape index (κ1) is 20.1. The zero-order valence-corrected chi connectivity index (χ0v) is 15.9. The van der Waals surface area contributed by atoms with E-state index >= 15 is 0 Å². The van der Waals surface area contributed by atoms with E-state index in [1.807, 2.05) is 24.3 Å². The van der Waals surface area contributed by atoms with Gasteiger partial charge in [0.15, 0.2) is 0 Å². The number of esters is 1. The molecule has 2 rings (SSSR count). The number of nitrogens with one attached hydrogen (secondary N) is 1. The van der Waals surface area contributed by atoms with E-state index < -0.39 is 22.0 Å². The summed E-state index contributed by atoms with van der Waals surface area (Å²) in [7, 11) is -2.61. The van der Waals surface area contributed by atoms with Crippen LogP contribution in [-0.4, -0.2) is 27.5 Å². The predicted molar refractivity (Wildman–Crippen MR) is 101 cm³/mol. The number of benzene rings is 2. The molecule has 140 valence electrons. The predicted octanol–water partition coefficient (Wildman–Crippen LogP) is 2.29. The van der Waals surface area contributed by atoms with Gasteiger partial charge in [0.25, 0.3) is 0 Å². The van der Waals surface area contributed by atoms with Crippen LogP contribution in [0.2, 0.25) is 0 Å². The zero-order valence-electron chi connectivity index (χ0n) is 15.1. The van der Waals surface area contributed by atoms with Gasteiger partial charge in [0, 0.05) is 6.54 Å². The van der Waals surface area contributed by atoms with Crippen molar-refractivity contribution in [3.05, 3.63) is 54.1 Å². The number of nitrogens with two attached hydrogens (primary N) is 1. The van der Waals surface area contributed by atoms with Crippen LogP contribution in [0.25, 0.3) is 11.1 Å². The molecule has 6 nitrogen and oxygen atoms in total. The molecule has 0 bridgehead atoms. The maximum absolute atomic E-state index is 12.6. The Balaban J connectivity index is 2.27. The monoisotopic (exact) mass is 376 g/mol. The number of hydrogen-bond donors (Lipinski definition) is 2. The van der Waals surface area contributed by atoms with Crippen molar-refractivity contribution >= 4 is 16.0 Å². The van der Waals surface area contributed by atoms with E-state index in [2.05, 4.69) is 9.46 Å². The second-order valence-corrected chi connectivity index (χ2v) is 8.01. The summed E-state index contributed by atoms with van der Waals surface area (Å²) < 4.78 is 32.3. The molecule has 0 aliphatic heterocycles. The van der Waals surface area contributed by atoms with Gasteiger partial charge in [-0.15, -0.1) is 0 Å². The molecular weight excluding hydrogens is 352 g/mol. The maximum atomic E-state index is 12.6. The zero-order chi connectivity index (χ0) is 19.3.